The predicted octanol–water partition coefficient (Wildman–Crippen LogP) is 5.02. The summed E-state index contributed by atoms with van der Waals surface area (Å²) < 4.78 is 17.3. The van der Waals surface area contributed by atoms with Crippen molar-refractivity contribution in [1.29, 1.82) is 0 Å². The molecule has 2 heterocycles. The van der Waals surface area contributed by atoms with Gasteiger partial charge in [-0.2, -0.15) is 0 Å². The number of allylic oxidation sites excluding steroid dienone is 1. The number of hydrogen-bond donors (Lipinski definition) is 2. The van der Waals surface area contributed by atoms with Crippen LogP contribution in [0.3, 0.4) is 0 Å². The molecule has 158 valence electrons. The zero-order chi connectivity index (χ0) is 21.0. The number of hydrogen-bond acceptors (Lipinski definition) is 7. The Kier molecular flexibility index (Phi) is 7.84. The lowest BCUT2D eigenvalue weighted by molar-refractivity contribution is 0.0697. The maximum atomic E-state index is 11.2. The quantitative estimate of drug-likeness (QED) is 0.498. The van der Waals surface area contributed by atoms with Gasteiger partial charge in [0.1, 0.15) is 10.1 Å². The van der Waals surface area contributed by atoms with E-state index < -0.39 is 5.97 Å². The highest BCUT2D eigenvalue weighted by Gasteiger charge is 2.30. The number of aromatic carboxylic acids is 1. The number of ether oxygens (including phenoxy) is 3. The Balaban J connectivity index is 1.53. The van der Waals surface area contributed by atoms with Gasteiger partial charge >= 0.3 is 5.97 Å². The third kappa shape index (κ3) is 5.45. The van der Waals surface area contributed by atoms with E-state index in [-0.39, 0.29) is 23.3 Å². The molecule has 29 heavy (non-hydrogen) atoms. The van der Waals surface area contributed by atoms with Crippen LogP contribution >= 0.6 is 45.9 Å². The van der Waals surface area contributed by atoms with Crippen LogP contribution in [0.15, 0.2) is 23.2 Å². The smallest absolute Gasteiger partial charge is 0.349 e. The van der Waals surface area contributed by atoms with Crippen molar-refractivity contribution in [2.24, 2.45) is 11.8 Å². The van der Waals surface area contributed by atoms with Crippen LogP contribution < -0.4 is 9.47 Å². The zero-order valence-corrected chi connectivity index (χ0v) is 18.7. The van der Waals surface area contributed by atoms with Crippen LogP contribution in [0.1, 0.15) is 26.5 Å². The number of carboxylic acid groups (broad SMARTS) is 1. The summed E-state index contributed by atoms with van der Waals surface area (Å²) in [7, 11) is 1.44. The lowest BCUT2D eigenvalue weighted by Crippen LogP contribution is -2.22. The number of aliphatic hydroxyl groups excluding tert-OH is 1. The first-order chi connectivity index (χ1) is 13.9. The maximum absolute atomic E-state index is 11.2. The van der Waals surface area contributed by atoms with Crippen LogP contribution in [0, 0.1) is 11.8 Å². The van der Waals surface area contributed by atoms with Crippen molar-refractivity contribution in [1.82, 2.24) is 0 Å². The van der Waals surface area contributed by atoms with Crippen molar-refractivity contribution in [3.05, 3.63) is 42.9 Å². The minimum atomic E-state index is -1.01. The van der Waals surface area contributed by atoms with Gasteiger partial charge in [-0.3, -0.25) is 0 Å². The van der Waals surface area contributed by atoms with Crippen LogP contribution in [0.25, 0.3) is 0 Å². The Bertz CT molecular complexity index is 891. The largest absolute Gasteiger partial charge is 0.495 e. The van der Waals surface area contributed by atoms with Crippen molar-refractivity contribution in [3.63, 3.8) is 0 Å². The summed E-state index contributed by atoms with van der Waals surface area (Å²) in [5.74, 6) is -0.506. The van der Waals surface area contributed by atoms with Crippen molar-refractivity contribution in [2.75, 3.05) is 20.3 Å². The zero-order valence-electron chi connectivity index (χ0n) is 15.5. The number of thiophene rings is 2. The monoisotopic (exact) mass is 478 g/mol. The van der Waals surface area contributed by atoms with E-state index in [4.69, 9.17) is 37.4 Å². The third-order valence-corrected chi connectivity index (χ3v) is 7.45. The molecule has 10 heteroatoms. The molecule has 0 saturated heterocycles. The molecule has 1 aliphatic carbocycles. The molecule has 0 aromatic carbocycles. The first-order valence-corrected chi connectivity index (χ1v) is 11.2. The Hall–Kier alpha value is -1.29. The molecule has 0 unspecified atom stereocenters. The summed E-state index contributed by atoms with van der Waals surface area (Å²) in [5.41, 5.74) is 0.645. The van der Waals surface area contributed by atoms with Gasteiger partial charge in [-0.1, -0.05) is 40.6 Å². The average Bonchev–Trinajstić information content (AvgIpc) is 3.37. The lowest BCUT2D eigenvalue weighted by atomic mass is 9.97. The van der Waals surface area contributed by atoms with Gasteiger partial charge in [0, 0.05) is 21.4 Å². The van der Waals surface area contributed by atoms with Gasteiger partial charge in [0.15, 0.2) is 9.94 Å². The second-order valence-corrected chi connectivity index (χ2v) is 9.65. The van der Waals surface area contributed by atoms with Gasteiger partial charge in [-0.15, -0.1) is 11.3 Å². The van der Waals surface area contributed by atoms with Crippen LogP contribution in [-0.2, 0) is 18.0 Å². The van der Waals surface area contributed by atoms with Crippen molar-refractivity contribution in [3.8, 4) is 10.8 Å². The van der Waals surface area contributed by atoms with E-state index in [1.54, 1.807) is 12.1 Å². The number of methoxy groups -OCH3 is 1. The Labute approximate surface area is 186 Å². The number of carbonyl (C=O) groups is 1. The normalized spacial score (nSPS) is 18.7. The molecule has 2 aromatic heterocycles. The topological polar surface area (TPSA) is 85.2 Å². The van der Waals surface area contributed by atoms with Gasteiger partial charge in [-0.05, 0) is 24.5 Å². The molecule has 1 aliphatic rings. The van der Waals surface area contributed by atoms with Crippen LogP contribution in [-0.4, -0.2) is 36.5 Å². The first kappa shape index (κ1) is 22.4. The van der Waals surface area contributed by atoms with E-state index in [2.05, 4.69) is 0 Å². The highest BCUT2D eigenvalue weighted by Crippen LogP contribution is 2.38. The van der Waals surface area contributed by atoms with Crippen LogP contribution in [0.5, 0.6) is 10.8 Å². The van der Waals surface area contributed by atoms with E-state index in [0.717, 1.165) is 27.7 Å². The molecular formula is C19H20Cl2O6S2. The second-order valence-electron chi connectivity index (χ2n) is 6.46. The molecular weight excluding hydrogens is 459 g/mol. The summed E-state index contributed by atoms with van der Waals surface area (Å²) >= 11 is 14.8. The van der Waals surface area contributed by atoms with Gasteiger partial charge in [0.2, 0.25) is 0 Å². The summed E-state index contributed by atoms with van der Waals surface area (Å²) in [6.45, 7) is 1.03. The summed E-state index contributed by atoms with van der Waals surface area (Å²) in [6, 6.07) is 3.42. The second kappa shape index (κ2) is 10.1. The molecule has 0 radical (unpaired) electrons. The Morgan fingerprint density at radius 2 is 2.07 bits per heavy atom. The maximum Gasteiger partial charge on any atom is 0.349 e. The highest BCUT2D eigenvalue weighted by atomic mass is 35.5. The van der Waals surface area contributed by atoms with Crippen molar-refractivity contribution < 1.29 is 29.2 Å². The van der Waals surface area contributed by atoms with Gasteiger partial charge in [0.25, 0.3) is 0 Å². The minimum Gasteiger partial charge on any atom is -0.495 e. The molecule has 0 aliphatic heterocycles. The average molecular weight is 479 g/mol. The molecule has 0 spiro atoms. The van der Waals surface area contributed by atoms with E-state index >= 15 is 0 Å². The molecule has 2 atom stereocenters. The molecule has 2 N–H and O–H groups in total. The molecule has 6 nitrogen and oxygen atoms in total. The molecule has 0 saturated carbocycles. The number of carboxylic acids is 1. The molecule has 3 rings (SSSR count). The fraction of sp³-hybridized carbons (Fsp3) is 0.421. The van der Waals surface area contributed by atoms with Crippen LogP contribution in [0.2, 0.25) is 4.34 Å². The van der Waals surface area contributed by atoms with E-state index in [9.17, 15) is 15.0 Å². The van der Waals surface area contributed by atoms with Gasteiger partial charge in [-0.25, -0.2) is 4.79 Å². The number of rotatable bonds is 10. The fourth-order valence-electron chi connectivity index (χ4n) is 3.04. The van der Waals surface area contributed by atoms with Crippen molar-refractivity contribution in [2.45, 2.75) is 19.6 Å². The van der Waals surface area contributed by atoms with E-state index in [1.807, 2.05) is 6.08 Å². The fourth-order valence-corrected chi connectivity index (χ4v) is 5.38. The standard InChI is InChI=1S/C19H20Cl2O6S2/c1-25-15-5-12(28-17(15)19(23)24)8-26-7-10-2-3-14(20)13(10)9-27-16-4-11(6-22)18(21)29-16/h3-5,10,13,22H,2,6-9H2,1H3,(H,23,24)/t10-,13-/m1/s1. The highest BCUT2D eigenvalue weighted by molar-refractivity contribution is 7.18. The Morgan fingerprint density at radius 3 is 2.69 bits per heavy atom. The van der Waals surface area contributed by atoms with Crippen LogP contribution in [0.4, 0.5) is 0 Å². The third-order valence-electron chi connectivity index (χ3n) is 4.59. The molecule has 0 fully saturated rings. The van der Waals surface area contributed by atoms with Crippen molar-refractivity contribution >= 4 is 51.8 Å². The SMILES string of the molecule is COc1cc(COC[C@H]2CC=C(Cl)[C@@H]2COc2cc(CO)c(Cl)s2)sc1C(=O)O. The summed E-state index contributed by atoms with van der Waals surface area (Å²) in [5, 5.41) is 19.8. The Morgan fingerprint density at radius 1 is 1.28 bits per heavy atom. The predicted molar refractivity (Wildman–Crippen MR) is 114 cm³/mol. The van der Waals surface area contributed by atoms with E-state index in [0.29, 0.717) is 40.5 Å². The number of aliphatic hydroxyl groups is 1. The molecule has 2 aromatic rings. The lowest BCUT2D eigenvalue weighted by Gasteiger charge is -2.20. The molecule has 0 amide bonds. The number of halogens is 2. The van der Waals surface area contributed by atoms with E-state index in [1.165, 1.54) is 18.4 Å². The first-order valence-electron chi connectivity index (χ1n) is 8.78. The summed E-state index contributed by atoms with van der Waals surface area (Å²) in [6.07, 6.45) is 2.76. The van der Waals surface area contributed by atoms with Gasteiger partial charge in [0.05, 0.1) is 33.5 Å². The summed E-state index contributed by atoms with van der Waals surface area (Å²) in [4.78, 5) is 12.2. The van der Waals surface area contributed by atoms with Gasteiger partial charge < -0.3 is 24.4 Å². The minimum absolute atomic E-state index is 0.00238. The molecule has 0 bridgehead atoms.